The number of hydrogen-bond acceptors (Lipinski definition) is 10. The fourth-order valence-electron chi connectivity index (χ4n) is 5.08. The highest BCUT2D eigenvalue weighted by atomic mass is 32.2. The lowest BCUT2D eigenvalue weighted by molar-refractivity contribution is -0.154. The minimum atomic E-state index is -4.70. The zero-order valence-corrected chi connectivity index (χ0v) is 29.3. The second kappa shape index (κ2) is 16.0. The Bertz CT molecular complexity index is 1640. The molecule has 0 radical (unpaired) electrons. The number of aliphatic hydroxyl groups is 2. The maximum Gasteiger partial charge on any atom is 0.412 e. The zero-order valence-electron chi connectivity index (χ0n) is 27.7. The summed E-state index contributed by atoms with van der Waals surface area (Å²) < 4.78 is 77.8. The lowest BCUT2D eigenvalue weighted by Crippen LogP contribution is -2.45. The van der Waals surface area contributed by atoms with Gasteiger partial charge in [-0.05, 0) is 44.1 Å². The molecule has 0 bridgehead atoms. The molecule has 1 aromatic heterocycles. The van der Waals surface area contributed by atoms with Gasteiger partial charge in [0.25, 0.3) is 10.1 Å². The first kappa shape index (κ1) is 39.3. The van der Waals surface area contributed by atoms with Gasteiger partial charge in [-0.3, -0.25) is 13.8 Å². The van der Waals surface area contributed by atoms with E-state index in [9.17, 15) is 41.4 Å². The number of alkyl halides is 3. The number of thiazole rings is 1. The third kappa shape index (κ3) is 10.4. The minimum absolute atomic E-state index is 0.0105. The molecule has 0 amide bonds. The average molecular weight is 714 g/mol. The van der Waals surface area contributed by atoms with Gasteiger partial charge < -0.3 is 14.9 Å². The summed E-state index contributed by atoms with van der Waals surface area (Å²) in [4.78, 5) is 30.6. The van der Waals surface area contributed by atoms with Gasteiger partial charge in [-0.1, -0.05) is 63.6 Å². The molecule has 2 aromatic rings. The van der Waals surface area contributed by atoms with Crippen LogP contribution in [0.4, 0.5) is 13.2 Å². The highest BCUT2D eigenvalue weighted by Crippen LogP contribution is 2.33. The van der Waals surface area contributed by atoms with Crippen LogP contribution < -0.4 is 0 Å². The van der Waals surface area contributed by atoms with Crippen LogP contribution in [0.2, 0.25) is 0 Å². The number of carbonyl (C=O) groups is 2. The molecule has 0 saturated heterocycles. The Hall–Kier alpha value is -3.17. The normalized spacial score (nSPS) is 27.2. The van der Waals surface area contributed by atoms with Gasteiger partial charge in [-0.2, -0.15) is 21.6 Å². The number of benzene rings is 1. The van der Waals surface area contributed by atoms with Crippen LogP contribution in [0.15, 0.2) is 63.9 Å². The van der Waals surface area contributed by atoms with Crippen molar-refractivity contribution >= 4 is 39.3 Å². The van der Waals surface area contributed by atoms with Crippen LogP contribution >= 0.6 is 11.3 Å². The van der Waals surface area contributed by atoms with Crippen molar-refractivity contribution in [1.82, 2.24) is 4.98 Å². The molecule has 2 heterocycles. The summed E-state index contributed by atoms with van der Waals surface area (Å²) in [6, 6.07) is 6.14. The fraction of sp³-hybridized carbons (Fsp3) is 0.500. The Kier molecular flexibility index (Phi) is 13.1. The van der Waals surface area contributed by atoms with E-state index in [-0.39, 0.29) is 17.9 Å². The van der Waals surface area contributed by atoms with Crippen LogP contribution in [0.5, 0.6) is 0 Å². The summed E-state index contributed by atoms with van der Waals surface area (Å²) in [5, 5.41) is 23.5. The standard InChI is InChI=1S/C34H42F3NO8S2/c1-20-10-13-26(14-11-20)48(43,44)45-18-29-38-25(19-47-29)16-22(3)27-15-12-24(34(35,36)37)9-7-8-21(2)31(41)23(4)32(42)33(5,6)28(39)17-30(40)46-27/h7-8,10-14,16,19,21,23,27-28,31,39,41H,9,15,17-18H2,1-6H3/b8-7+,22-16+,24-12+/t21-,23+,27-,28-,31-/m0/s1. The lowest BCUT2D eigenvalue weighted by Gasteiger charge is -2.34. The molecule has 48 heavy (non-hydrogen) atoms. The van der Waals surface area contributed by atoms with Gasteiger partial charge in [0.2, 0.25) is 0 Å². The number of nitrogens with zero attached hydrogens (tertiary/aromatic N) is 1. The van der Waals surface area contributed by atoms with Gasteiger partial charge in [-0.25, -0.2) is 4.98 Å². The summed E-state index contributed by atoms with van der Waals surface area (Å²) in [6.45, 7) is 8.97. The van der Waals surface area contributed by atoms with E-state index < -0.39 is 82.0 Å². The second-order valence-electron chi connectivity index (χ2n) is 12.6. The number of ether oxygens (including phenoxy) is 1. The monoisotopic (exact) mass is 713 g/mol. The topological polar surface area (TPSA) is 140 Å². The fourth-order valence-corrected chi connectivity index (χ4v) is 6.69. The number of carbonyl (C=O) groups excluding carboxylic acids is 2. The number of halogens is 3. The van der Waals surface area contributed by atoms with Crippen molar-refractivity contribution < 1.29 is 50.3 Å². The van der Waals surface area contributed by atoms with E-state index in [0.29, 0.717) is 16.3 Å². The predicted molar refractivity (Wildman–Crippen MR) is 175 cm³/mol. The number of Topliss-reactive ketones (excluding diaryl/α,β-unsaturated/α-hetero) is 1. The molecule has 14 heteroatoms. The molecule has 0 spiro atoms. The van der Waals surface area contributed by atoms with Crippen molar-refractivity contribution in [2.75, 3.05) is 0 Å². The molecule has 3 rings (SSSR count). The summed E-state index contributed by atoms with van der Waals surface area (Å²) in [7, 11) is -4.05. The molecular weight excluding hydrogens is 672 g/mol. The zero-order chi connectivity index (χ0) is 36.0. The lowest BCUT2D eigenvalue weighted by atomic mass is 9.73. The maximum atomic E-state index is 14.0. The molecule has 264 valence electrons. The highest BCUT2D eigenvalue weighted by Gasteiger charge is 2.42. The van der Waals surface area contributed by atoms with Gasteiger partial charge in [0.15, 0.2) is 0 Å². The van der Waals surface area contributed by atoms with Crippen LogP contribution in [0.25, 0.3) is 6.08 Å². The van der Waals surface area contributed by atoms with Crippen LogP contribution in [-0.2, 0) is 35.2 Å². The highest BCUT2D eigenvalue weighted by molar-refractivity contribution is 7.86. The maximum absolute atomic E-state index is 14.0. The van der Waals surface area contributed by atoms with Crippen LogP contribution in [0.3, 0.4) is 0 Å². The second-order valence-corrected chi connectivity index (χ2v) is 15.2. The summed E-state index contributed by atoms with van der Waals surface area (Å²) in [5.74, 6) is -3.10. The van der Waals surface area contributed by atoms with Crippen molar-refractivity contribution in [3.63, 3.8) is 0 Å². The van der Waals surface area contributed by atoms with Gasteiger partial charge in [-0.15, -0.1) is 11.3 Å². The third-order valence-corrected chi connectivity index (χ3v) is 10.5. The number of ketones is 1. The first-order valence-electron chi connectivity index (χ1n) is 15.3. The molecular formula is C34H42F3NO8S2. The van der Waals surface area contributed by atoms with Crippen LogP contribution in [-0.4, -0.2) is 59.9 Å². The average Bonchev–Trinajstić information content (AvgIpc) is 3.45. The number of allylic oxidation sites excluding steroid dienone is 2. The molecule has 1 aliphatic rings. The Labute approximate surface area is 283 Å². The Morgan fingerprint density at radius 1 is 1.17 bits per heavy atom. The van der Waals surface area contributed by atoms with Crippen molar-refractivity contribution in [1.29, 1.82) is 0 Å². The van der Waals surface area contributed by atoms with Crippen molar-refractivity contribution in [2.45, 2.75) is 96.8 Å². The van der Waals surface area contributed by atoms with E-state index in [2.05, 4.69) is 4.98 Å². The summed E-state index contributed by atoms with van der Waals surface area (Å²) in [6.07, 6.45) is -4.99. The van der Waals surface area contributed by atoms with Gasteiger partial charge in [0.05, 0.1) is 34.6 Å². The molecule has 9 nitrogen and oxygen atoms in total. The quantitative estimate of drug-likeness (QED) is 0.195. The molecule has 1 aliphatic heterocycles. The van der Waals surface area contributed by atoms with E-state index in [4.69, 9.17) is 8.92 Å². The molecule has 1 aromatic carbocycles. The Morgan fingerprint density at radius 2 is 1.81 bits per heavy atom. The van der Waals surface area contributed by atoms with Gasteiger partial charge >= 0.3 is 12.1 Å². The van der Waals surface area contributed by atoms with E-state index in [1.54, 1.807) is 31.4 Å². The van der Waals surface area contributed by atoms with Crippen LogP contribution in [0.1, 0.15) is 70.1 Å². The van der Waals surface area contributed by atoms with Gasteiger partial charge in [0, 0.05) is 29.2 Å². The van der Waals surface area contributed by atoms with E-state index in [1.165, 1.54) is 51.1 Å². The van der Waals surface area contributed by atoms with Crippen molar-refractivity contribution in [3.05, 3.63) is 75.3 Å². The molecule has 2 N–H and O–H groups in total. The van der Waals surface area contributed by atoms with E-state index in [0.717, 1.165) is 23.0 Å². The number of hydrogen-bond donors (Lipinski definition) is 2. The number of aryl methyl sites for hydroxylation is 1. The molecule has 5 atom stereocenters. The smallest absolute Gasteiger partial charge is 0.412 e. The number of cyclic esters (lactones) is 1. The van der Waals surface area contributed by atoms with E-state index in [1.807, 2.05) is 6.92 Å². The summed E-state index contributed by atoms with van der Waals surface area (Å²) >= 11 is 1.10. The first-order chi connectivity index (χ1) is 22.2. The number of aliphatic hydroxyl groups excluding tert-OH is 2. The number of esters is 1. The molecule has 0 fully saturated rings. The van der Waals surface area contributed by atoms with Crippen molar-refractivity contribution in [3.8, 4) is 0 Å². The van der Waals surface area contributed by atoms with Crippen molar-refractivity contribution in [2.24, 2.45) is 17.3 Å². The number of rotatable bonds is 6. The molecule has 0 aliphatic carbocycles. The number of aromatic nitrogens is 1. The SMILES string of the molecule is C/C(=C\c1csc(COS(=O)(=O)c2ccc(C)cc2)n1)[C@@H]1C/C=C(/C(F)(F)F)C/C=C/[C@H](C)[C@H](O)[C@@H](C)C(=O)C(C)(C)[C@@H](O)CC(=O)O1. The largest absolute Gasteiger partial charge is 0.457 e. The first-order valence-corrected chi connectivity index (χ1v) is 17.6. The molecule has 0 saturated carbocycles. The van der Waals surface area contributed by atoms with Crippen LogP contribution in [0, 0.1) is 24.2 Å². The summed E-state index contributed by atoms with van der Waals surface area (Å²) in [5.41, 5.74) is -0.794. The van der Waals surface area contributed by atoms with Gasteiger partial charge in [0.1, 0.15) is 23.5 Å². The Balaban J connectivity index is 1.90. The Morgan fingerprint density at radius 3 is 2.44 bits per heavy atom. The predicted octanol–water partition coefficient (Wildman–Crippen LogP) is 6.49. The van der Waals surface area contributed by atoms with E-state index >= 15 is 0 Å². The molecule has 0 unspecified atom stereocenters. The minimum Gasteiger partial charge on any atom is -0.457 e. The third-order valence-electron chi connectivity index (χ3n) is 8.39.